The summed E-state index contributed by atoms with van der Waals surface area (Å²) in [4.78, 5) is 25.1. The van der Waals surface area contributed by atoms with Crippen LogP contribution in [-0.4, -0.2) is 26.3 Å². The molecule has 2 N–H and O–H groups in total. The summed E-state index contributed by atoms with van der Waals surface area (Å²) in [5.74, 6) is -1.06. The summed E-state index contributed by atoms with van der Waals surface area (Å²) in [5.41, 5.74) is 2.41. The van der Waals surface area contributed by atoms with Crippen molar-refractivity contribution in [2.75, 3.05) is 0 Å². The number of aryl methyl sites for hydroxylation is 1. The Morgan fingerprint density at radius 3 is 2.09 bits per heavy atom. The molecule has 0 unspecified atom stereocenters. The number of ether oxygens (including phenoxy) is 1. The lowest BCUT2D eigenvalue weighted by Gasteiger charge is -2.20. The second kappa shape index (κ2) is 11.6. The lowest BCUT2D eigenvalue weighted by molar-refractivity contribution is -0.148. The molecule has 0 fully saturated rings. The number of carbonyl (C=O) groups is 2. The van der Waals surface area contributed by atoms with Crippen LogP contribution in [0.1, 0.15) is 36.1 Å². The monoisotopic (exact) mass is 480 g/mol. The minimum atomic E-state index is -3.88. The lowest BCUT2D eigenvalue weighted by Crippen LogP contribution is -2.41. The zero-order valence-corrected chi connectivity index (χ0v) is 19.9. The number of carbonyl (C=O) groups excluding carboxylic acids is 2. The van der Waals surface area contributed by atoms with Gasteiger partial charge in [-0.1, -0.05) is 78.4 Å². The zero-order valence-electron chi connectivity index (χ0n) is 19.1. The Morgan fingerprint density at radius 1 is 0.882 bits per heavy atom. The minimum absolute atomic E-state index is 0.100. The normalized spacial score (nSPS) is 13.0. The van der Waals surface area contributed by atoms with Gasteiger partial charge >= 0.3 is 5.97 Å². The van der Waals surface area contributed by atoms with Gasteiger partial charge in [0.05, 0.1) is 10.9 Å². The van der Waals surface area contributed by atoms with Gasteiger partial charge in [-0.25, -0.2) is 17.9 Å². The molecular formula is C26H28N2O5S. The standard InChI is InChI=1S/C26H28N2O5S/c1-19-13-15-23(16-14-19)34(31,32)28-24(22-11-7-4-8-12-22)17-25(29)27-20(2)26(30)33-18-21-9-5-3-6-10-21/h3-16,20,24,28H,17-18H2,1-2H3,(H,27,29)/t20-,24-/m0/s1. The van der Waals surface area contributed by atoms with Crippen molar-refractivity contribution >= 4 is 21.9 Å². The van der Waals surface area contributed by atoms with Gasteiger partial charge in [0.2, 0.25) is 15.9 Å². The number of benzene rings is 3. The molecule has 0 heterocycles. The summed E-state index contributed by atoms with van der Waals surface area (Å²) in [6.45, 7) is 3.50. The Balaban J connectivity index is 1.65. The van der Waals surface area contributed by atoms with Gasteiger partial charge in [-0.15, -0.1) is 0 Å². The first kappa shape index (κ1) is 25.1. The molecule has 0 saturated heterocycles. The van der Waals surface area contributed by atoms with Crippen LogP contribution >= 0.6 is 0 Å². The second-order valence-corrected chi connectivity index (χ2v) is 9.70. The number of nitrogens with one attached hydrogen (secondary N) is 2. The summed E-state index contributed by atoms with van der Waals surface area (Å²) < 4.78 is 33.8. The van der Waals surface area contributed by atoms with E-state index in [-0.39, 0.29) is 17.9 Å². The Hall–Kier alpha value is -3.49. The average Bonchev–Trinajstić information content (AvgIpc) is 2.83. The van der Waals surface area contributed by atoms with E-state index in [9.17, 15) is 18.0 Å². The van der Waals surface area contributed by atoms with Crippen LogP contribution in [0.3, 0.4) is 0 Å². The first-order chi connectivity index (χ1) is 16.2. The smallest absolute Gasteiger partial charge is 0.328 e. The van der Waals surface area contributed by atoms with Crippen molar-refractivity contribution in [3.63, 3.8) is 0 Å². The fourth-order valence-electron chi connectivity index (χ4n) is 3.28. The molecule has 7 nitrogen and oxygen atoms in total. The molecule has 0 aromatic heterocycles. The fourth-order valence-corrected chi connectivity index (χ4v) is 4.51. The quantitative estimate of drug-likeness (QED) is 0.431. The Kier molecular flexibility index (Phi) is 8.56. The summed E-state index contributed by atoms with van der Waals surface area (Å²) >= 11 is 0. The van der Waals surface area contributed by atoms with Crippen LogP contribution in [0.4, 0.5) is 0 Å². The number of hydrogen-bond donors (Lipinski definition) is 2. The molecule has 3 aromatic rings. The van der Waals surface area contributed by atoms with Gasteiger partial charge in [-0.2, -0.15) is 0 Å². The highest BCUT2D eigenvalue weighted by molar-refractivity contribution is 7.89. The van der Waals surface area contributed by atoms with Gasteiger partial charge < -0.3 is 10.1 Å². The van der Waals surface area contributed by atoms with E-state index in [2.05, 4.69) is 10.0 Å². The molecule has 3 rings (SSSR count). The predicted molar refractivity (Wildman–Crippen MR) is 129 cm³/mol. The molecule has 1 amide bonds. The van der Waals surface area contributed by atoms with Crippen LogP contribution in [0.15, 0.2) is 89.8 Å². The van der Waals surface area contributed by atoms with E-state index < -0.39 is 34.0 Å². The van der Waals surface area contributed by atoms with Gasteiger partial charge in [0.25, 0.3) is 0 Å². The number of esters is 1. The zero-order chi connectivity index (χ0) is 24.6. The highest BCUT2D eigenvalue weighted by Crippen LogP contribution is 2.21. The largest absolute Gasteiger partial charge is 0.459 e. The van der Waals surface area contributed by atoms with Gasteiger partial charge in [-0.3, -0.25) is 4.79 Å². The predicted octanol–water partition coefficient (Wildman–Crippen LogP) is 3.65. The first-order valence-corrected chi connectivity index (χ1v) is 12.4. The van der Waals surface area contributed by atoms with E-state index in [4.69, 9.17) is 4.74 Å². The Labute approximate surface area is 200 Å². The number of sulfonamides is 1. The molecule has 178 valence electrons. The van der Waals surface area contributed by atoms with Crippen molar-refractivity contribution in [3.05, 3.63) is 102 Å². The van der Waals surface area contributed by atoms with Crippen molar-refractivity contribution < 1.29 is 22.7 Å². The Bertz CT molecular complexity index is 1200. The maximum Gasteiger partial charge on any atom is 0.328 e. The van der Waals surface area contributed by atoms with Crippen LogP contribution in [0.2, 0.25) is 0 Å². The first-order valence-electron chi connectivity index (χ1n) is 10.9. The molecular weight excluding hydrogens is 452 g/mol. The summed E-state index contributed by atoms with van der Waals surface area (Å²) in [5, 5.41) is 2.60. The molecule has 0 aliphatic carbocycles. The van der Waals surface area contributed by atoms with Gasteiger partial charge in [0, 0.05) is 6.42 Å². The molecule has 2 atom stereocenters. The van der Waals surface area contributed by atoms with E-state index in [1.165, 1.54) is 19.1 Å². The maximum absolute atomic E-state index is 12.9. The highest BCUT2D eigenvalue weighted by Gasteiger charge is 2.25. The topological polar surface area (TPSA) is 102 Å². The van der Waals surface area contributed by atoms with Crippen LogP contribution < -0.4 is 10.0 Å². The lowest BCUT2D eigenvalue weighted by atomic mass is 10.0. The molecule has 0 radical (unpaired) electrons. The summed E-state index contributed by atoms with van der Waals surface area (Å²) in [6, 6.07) is 22.8. The van der Waals surface area contributed by atoms with Crippen LogP contribution in [0.5, 0.6) is 0 Å². The van der Waals surface area contributed by atoms with Gasteiger partial charge in [0.15, 0.2) is 0 Å². The molecule has 0 aliphatic heterocycles. The number of hydrogen-bond acceptors (Lipinski definition) is 5. The van der Waals surface area contributed by atoms with Crippen molar-refractivity contribution in [2.45, 2.75) is 43.9 Å². The Morgan fingerprint density at radius 2 is 1.47 bits per heavy atom. The van der Waals surface area contributed by atoms with Crippen LogP contribution in [0.25, 0.3) is 0 Å². The fraction of sp³-hybridized carbons (Fsp3) is 0.231. The molecule has 34 heavy (non-hydrogen) atoms. The molecule has 0 bridgehead atoms. The van der Waals surface area contributed by atoms with E-state index in [1.54, 1.807) is 42.5 Å². The van der Waals surface area contributed by atoms with E-state index >= 15 is 0 Å². The van der Waals surface area contributed by atoms with E-state index in [0.717, 1.165) is 11.1 Å². The molecule has 0 saturated carbocycles. The second-order valence-electron chi connectivity index (χ2n) is 7.98. The SMILES string of the molecule is Cc1ccc(S(=O)(=O)N[C@@H](CC(=O)N[C@@H](C)C(=O)OCc2ccccc2)c2ccccc2)cc1. The van der Waals surface area contributed by atoms with Crippen molar-refractivity contribution in [1.82, 2.24) is 10.0 Å². The van der Waals surface area contributed by atoms with Crippen molar-refractivity contribution in [3.8, 4) is 0 Å². The van der Waals surface area contributed by atoms with Crippen LogP contribution in [-0.2, 0) is 31.0 Å². The average molecular weight is 481 g/mol. The summed E-state index contributed by atoms with van der Waals surface area (Å²) in [6.07, 6.45) is -0.189. The molecule has 3 aromatic carbocycles. The van der Waals surface area contributed by atoms with Crippen molar-refractivity contribution in [1.29, 1.82) is 0 Å². The highest BCUT2D eigenvalue weighted by atomic mass is 32.2. The van der Waals surface area contributed by atoms with E-state index in [1.807, 2.05) is 37.3 Å². The van der Waals surface area contributed by atoms with Gasteiger partial charge in [-0.05, 0) is 37.1 Å². The third-order valence-electron chi connectivity index (χ3n) is 5.18. The minimum Gasteiger partial charge on any atom is -0.459 e. The third-order valence-corrected chi connectivity index (χ3v) is 6.66. The van der Waals surface area contributed by atoms with Crippen LogP contribution in [0, 0.1) is 6.92 Å². The maximum atomic E-state index is 12.9. The number of amides is 1. The summed E-state index contributed by atoms with van der Waals surface area (Å²) in [7, 11) is -3.88. The third kappa shape index (κ3) is 7.26. The van der Waals surface area contributed by atoms with Crippen molar-refractivity contribution in [2.24, 2.45) is 0 Å². The molecule has 0 spiro atoms. The number of rotatable bonds is 10. The molecule has 8 heteroatoms. The molecule has 0 aliphatic rings. The van der Waals surface area contributed by atoms with Gasteiger partial charge in [0.1, 0.15) is 12.6 Å². The van der Waals surface area contributed by atoms with E-state index in [0.29, 0.717) is 5.56 Å².